The summed E-state index contributed by atoms with van der Waals surface area (Å²) in [5, 5.41) is 25.2. The molecule has 2 aromatic carbocycles. The monoisotopic (exact) mass is 401 g/mol. The molecule has 0 aliphatic heterocycles. The lowest BCUT2D eigenvalue weighted by Crippen LogP contribution is -2.12. The van der Waals surface area contributed by atoms with Crippen molar-refractivity contribution in [1.82, 2.24) is 4.98 Å². The fourth-order valence-electron chi connectivity index (χ4n) is 2.31. The Kier molecular flexibility index (Phi) is 5.84. The molecule has 0 bridgehead atoms. The van der Waals surface area contributed by atoms with Gasteiger partial charge in [0.05, 0.1) is 16.4 Å². The van der Waals surface area contributed by atoms with Crippen LogP contribution < -0.4 is 5.32 Å². The third kappa shape index (κ3) is 4.70. The Morgan fingerprint density at radius 3 is 2.81 bits per heavy atom. The number of hydrogen-bond acceptors (Lipinski definition) is 7. The van der Waals surface area contributed by atoms with Crippen LogP contribution in [-0.4, -0.2) is 20.9 Å². The summed E-state index contributed by atoms with van der Waals surface area (Å²) in [6.07, 6.45) is 0. The number of aromatic nitrogens is 1. The first kappa shape index (κ1) is 19.0. The zero-order chi connectivity index (χ0) is 19.4. The average molecular weight is 401 g/mol. The van der Waals surface area contributed by atoms with Gasteiger partial charge in [-0.15, -0.1) is 11.3 Å². The van der Waals surface area contributed by atoms with Crippen molar-refractivity contribution in [1.29, 1.82) is 0 Å². The van der Waals surface area contributed by atoms with E-state index in [4.69, 9.17) is 5.11 Å². The molecular weight excluding hydrogens is 386 g/mol. The summed E-state index contributed by atoms with van der Waals surface area (Å²) in [4.78, 5) is 28.1. The number of carbonyl (C=O) groups excluding carboxylic acids is 1. The summed E-state index contributed by atoms with van der Waals surface area (Å²) < 4.78 is 0.702. The molecule has 9 heteroatoms. The Labute approximate surface area is 163 Å². The predicted octanol–water partition coefficient (Wildman–Crippen LogP) is 4.26. The summed E-state index contributed by atoms with van der Waals surface area (Å²) in [7, 11) is 0. The molecule has 0 spiro atoms. The lowest BCUT2D eigenvalue weighted by atomic mass is 10.1. The van der Waals surface area contributed by atoms with Gasteiger partial charge in [0, 0.05) is 28.4 Å². The fraction of sp³-hybridized carbons (Fsp3) is 0.111. The van der Waals surface area contributed by atoms with E-state index in [1.807, 2.05) is 12.3 Å². The first-order valence-electron chi connectivity index (χ1n) is 7.86. The topological polar surface area (TPSA) is 105 Å². The van der Waals surface area contributed by atoms with Gasteiger partial charge in [-0.05, 0) is 36.8 Å². The van der Waals surface area contributed by atoms with Crippen LogP contribution in [0, 0.1) is 17.0 Å². The van der Waals surface area contributed by atoms with Gasteiger partial charge in [-0.25, -0.2) is 4.98 Å². The van der Waals surface area contributed by atoms with E-state index in [-0.39, 0.29) is 17.9 Å². The predicted molar refractivity (Wildman–Crippen MR) is 104 cm³/mol. The van der Waals surface area contributed by atoms with Crippen molar-refractivity contribution in [3.8, 4) is 0 Å². The fourth-order valence-corrected chi connectivity index (χ4v) is 4.19. The van der Waals surface area contributed by atoms with Gasteiger partial charge in [-0.3, -0.25) is 14.9 Å². The first-order chi connectivity index (χ1) is 13.0. The second-order valence-corrected chi connectivity index (χ2v) is 7.76. The summed E-state index contributed by atoms with van der Waals surface area (Å²) in [5.74, 6) is -0.463. The van der Waals surface area contributed by atoms with E-state index in [0.717, 1.165) is 5.69 Å². The maximum absolute atomic E-state index is 12.4. The van der Waals surface area contributed by atoms with Crippen molar-refractivity contribution in [2.45, 2.75) is 22.8 Å². The third-order valence-electron chi connectivity index (χ3n) is 3.58. The van der Waals surface area contributed by atoms with Crippen molar-refractivity contribution >= 4 is 40.4 Å². The van der Waals surface area contributed by atoms with E-state index in [2.05, 4.69) is 10.3 Å². The van der Waals surface area contributed by atoms with E-state index in [0.29, 0.717) is 20.5 Å². The van der Waals surface area contributed by atoms with E-state index in [9.17, 15) is 14.9 Å². The number of aliphatic hydroxyl groups is 1. The zero-order valence-electron chi connectivity index (χ0n) is 14.2. The quantitative estimate of drug-likeness (QED) is 0.472. The smallest absolute Gasteiger partial charge is 0.284 e. The highest BCUT2D eigenvalue weighted by molar-refractivity contribution is 8.01. The van der Waals surface area contributed by atoms with Crippen LogP contribution in [0.15, 0.2) is 57.1 Å². The zero-order valence-corrected chi connectivity index (χ0v) is 15.8. The molecule has 7 nitrogen and oxygen atoms in total. The number of amides is 1. The highest BCUT2D eigenvalue weighted by Crippen LogP contribution is 2.36. The minimum atomic E-state index is -0.508. The van der Waals surface area contributed by atoms with Crippen LogP contribution in [0.1, 0.15) is 21.6 Å². The molecule has 138 valence electrons. The molecule has 1 amide bonds. The van der Waals surface area contributed by atoms with Crippen molar-refractivity contribution in [2.24, 2.45) is 0 Å². The Morgan fingerprint density at radius 2 is 2.15 bits per heavy atom. The van der Waals surface area contributed by atoms with Gasteiger partial charge in [0.25, 0.3) is 11.6 Å². The molecule has 3 rings (SSSR count). The maximum atomic E-state index is 12.4. The number of rotatable bonds is 6. The molecule has 1 aromatic heterocycles. The van der Waals surface area contributed by atoms with Crippen molar-refractivity contribution in [3.63, 3.8) is 0 Å². The molecule has 0 aliphatic rings. The van der Waals surface area contributed by atoms with E-state index < -0.39 is 10.8 Å². The lowest BCUT2D eigenvalue weighted by Gasteiger charge is -2.08. The number of thiazole rings is 1. The molecule has 0 radical (unpaired) electrons. The van der Waals surface area contributed by atoms with Gasteiger partial charge < -0.3 is 10.4 Å². The second-order valence-electron chi connectivity index (χ2n) is 5.61. The number of nitro groups is 1. The summed E-state index contributed by atoms with van der Waals surface area (Å²) in [5.41, 5.74) is 2.04. The number of aliphatic hydroxyl groups excluding tert-OH is 1. The number of nitrogens with one attached hydrogen (secondary N) is 1. The van der Waals surface area contributed by atoms with Crippen molar-refractivity contribution in [3.05, 3.63) is 74.8 Å². The van der Waals surface area contributed by atoms with Crippen molar-refractivity contribution < 1.29 is 14.8 Å². The number of carbonyl (C=O) groups is 1. The van der Waals surface area contributed by atoms with E-state index >= 15 is 0 Å². The van der Waals surface area contributed by atoms with Crippen LogP contribution >= 0.6 is 23.1 Å². The number of aryl methyl sites for hydroxylation is 1. The Balaban J connectivity index is 1.84. The molecule has 1 heterocycles. The normalized spacial score (nSPS) is 10.6. The highest BCUT2D eigenvalue weighted by atomic mass is 32.2. The number of anilines is 1. The van der Waals surface area contributed by atoms with Crippen LogP contribution in [0.4, 0.5) is 11.4 Å². The number of nitrogens with zero attached hydrogens (tertiary/aromatic N) is 2. The molecule has 0 aliphatic carbocycles. The standard InChI is InChI=1S/C18H15N3O4S2/c1-11-10-26-18(19-11)27-16-6-5-13(8-15(16)21(24)25)17(23)20-14-4-2-3-12(7-14)9-22/h2-8,10,22H,9H2,1H3,(H,20,23). The SMILES string of the molecule is Cc1csc(Sc2ccc(C(=O)Nc3cccc(CO)c3)cc2[N+](=O)[O-])n1. The molecule has 2 N–H and O–H groups in total. The Hall–Kier alpha value is -2.75. The Morgan fingerprint density at radius 1 is 1.33 bits per heavy atom. The average Bonchev–Trinajstić information content (AvgIpc) is 3.06. The Bertz CT molecular complexity index is 1000. The molecule has 3 aromatic rings. The highest BCUT2D eigenvalue weighted by Gasteiger charge is 2.19. The summed E-state index contributed by atoms with van der Waals surface area (Å²) in [6.45, 7) is 1.71. The van der Waals surface area contributed by atoms with Gasteiger partial charge in [-0.2, -0.15) is 0 Å². The number of nitro benzene ring substituents is 1. The molecule has 0 unspecified atom stereocenters. The van der Waals surface area contributed by atoms with Gasteiger partial charge in [0.1, 0.15) is 0 Å². The summed E-state index contributed by atoms with van der Waals surface area (Å²) in [6, 6.07) is 11.1. The van der Waals surface area contributed by atoms with Crippen LogP contribution in [-0.2, 0) is 6.61 Å². The molecule has 27 heavy (non-hydrogen) atoms. The van der Waals surface area contributed by atoms with Crippen LogP contribution in [0.2, 0.25) is 0 Å². The maximum Gasteiger partial charge on any atom is 0.284 e. The molecule has 0 saturated heterocycles. The minimum absolute atomic E-state index is 0.142. The second kappa shape index (κ2) is 8.30. The molecular formula is C18H15N3O4S2. The van der Waals surface area contributed by atoms with Crippen LogP contribution in [0.5, 0.6) is 0 Å². The van der Waals surface area contributed by atoms with E-state index in [1.54, 1.807) is 36.4 Å². The summed E-state index contributed by atoms with van der Waals surface area (Å²) >= 11 is 2.61. The minimum Gasteiger partial charge on any atom is -0.392 e. The van der Waals surface area contributed by atoms with Crippen molar-refractivity contribution in [2.75, 3.05) is 5.32 Å². The van der Waals surface area contributed by atoms with Crippen LogP contribution in [0.25, 0.3) is 0 Å². The van der Waals surface area contributed by atoms with E-state index in [1.165, 1.54) is 29.2 Å². The van der Waals surface area contributed by atoms with Gasteiger partial charge in [0.15, 0.2) is 4.34 Å². The number of benzene rings is 2. The molecule has 0 atom stereocenters. The first-order valence-corrected chi connectivity index (χ1v) is 9.55. The molecule has 0 saturated carbocycles. The largest absolute Gasteiger partial charge is 0.392 e. The van der Waals surface area contributed by atoms with Gasteiger partial charge in [0.2, 0.25) is 0 Å². The molecule has 0 fully saturated rings. The van der Waals surface area contributed by atoms with Gasteiger partial charge >= 0.3 is 0 Å². The lowest BCUT2D eigenvalue weighted by molar-refractivity contribution is -0.387. The third-order valence-corrected chi connectivity index (χ3v) is 5.70. The van der Waals surface area contributed by atoms with Crippen LogP contribution in [0.3, 0.4) is 0 Å². The number of hydrogen-bond donors (Lipinski definition) is 2. The van der Waals surface area contributed by atoms with Gasteiger partial charge in [-0.1, -0.05) is 23.9 Å².